The number of para-hydroxylation sites is 2. The Hall–Kier alpha value is -3.14. The van der Waals surface area contributed by atoms with Crippen LogP contribution in [0.15, 0.2) is 72.9 Å². The van der Waals surface area contributed by atoms with E-state index in [1.54, 1.807) is 12.3 Å². The van der Waals surface area contributed by atoms with Gasteiger partial charge >= 0.3 is 0 Å². The van der Waals surface area contributed by atoms with Crippen LogP contribution in [0.2, 0.25) is 0 Å². The van der Waals surface area contributed by atoms with Crippen molar-refractivity contribution < 1.29 is 4.79 Å². The molecule has 2 aromatic carbocycles. The van der Waals surface area contributed by atoms with Crippen LogP contribution in [0.25, 0.3) is 0 Å². The van der Waals surface area contributed by atoms with Gasteiger partial charge in [0.25, 0.3) is 5.91 Å². The minimum absolute atomic E-state index is 0.0521. The van der Waals surface area contributed by atoms with E-state index >= 15 is 0 Å². The monoisotopic (exact) mass is 329 g/mol. The van der Waals surface area contributed by atoms with Crippen molar-refractivity contribution in [3.8, 4) is 0 Å². The number of anilines is 3. The van der Waals surface area contributed by atoms with Gasteiger partial charge in [-0.2, -0.15) is 0 Å². The summed E-state index contributed by atoms with van der Waals surface area (Å²) >= 11 is 0. The number of nitrogens with zero attached hydrogens (tertiary/aromatic N) is 2. The van der Waals surface area contributed by atoms with Crippen LogP contribution in [-0.2, 0) is 6.42 Å². The molecule has 0 fully saturated rings. The van der Waals surface area contributed by atoms with Gasteiger partial charge in [-0.3, -0.25) is 4.79 Å². The van der Waals surface area contributed by atoms with Crippen molar-refractivity contribution in [1.82, 2.24) is 4.98 Å². The van der Waals surface area contributed by atoms with Crippen LogP contribution in [0, 0.1) is 0 Å². The van der Waals surface area contributed by atoms with E-state index in [-0.39, 0.29) is 11.9 Å². The molecule has 0 saturated heterocycles. The van der Waals surface area contributed by atoms with Crippen LogP contribution in [0.1, 0.15) is 23.0 Å². The van der Waals surface area contributed by atoms with Crippen LogP contribution in [0.4, 0.5) is 17.1 Å². The number of nitrogens with one attached hydrogen (secondary N) is 1. The summed E-state index contributed by atoms with van der Waals surface area (Å²) in [4.78, 5) is 19.2. The van der Waals surface area contributed by atoms with Crippen molar-refractivity contribution in [3.63, 3.8) is 0 Å². The molecule has 124 valence electrons. The molecule has 1 aliphatic rings. The van der Waals surface area contributed by atoms with Crippen LogP contribution >= 0.6 is 0 Å². The van der Waals surface area contributed by atoms with Crippen molar-refractivity contribution >= 4 is 23.0 Å². The Balaban J connectivity index is 1.55. The van der Waals surface area contributed by atoms with E-state index in [0.717, 1.165) is 23.5 Å². The maximum absolute atomic E-state index is 12.9. The van der Waals surface area contributed by atoms with Gasteiger partial charge in [0.2, 0.25) is 0 Å². The molecule has 4 nitrogen and oxygen atoms in total. The number of carbonyl (C=O) groups excluding carboxylic acids is 1. The molecule has 0 bridgehead atoms. The first-order valence-electron chi connectivity index (χ1n) is 8.42. The summed E-state index contributed by atoms with van der Waals surface area (Å²) in [5.74, 6) is -0.0521. The van der Waals surface area contributed by atoms with Gasteiger partial charge in [0.1, 0.15) is 5.69 Å². The Kier molecular flexibility index (Phi) is 3.94. The van der Waals surface area contributed by atoms with E-state index in [4.69, 9.17) is 0 Å². The van der Waals surface area contributed by atoms with Crippen molar-refractivity contribution in [2.75, 3.05) is 10.2 Å². The fraction of sp³-hybridized carbons (Fsp3) is 0.143. The predicted molar refractivity (Wildman–Crippen MR) is 100 cm³/mol. The molecule has 0 saturated carbocycles. The van der Waals surface area contributed by atoms with Gasteiger partial charge in [-0.05, 0) is 49.2 Å². The number of pyridine rings is 1. The molecule has 0 spiro atoms. The average molecular weight is 329 g/mol. The maximum Gasteiger partial charge on any atom is 0.277 e. The average Bonchev–Trinajstić information content (AvgIpc) is 2.98. The van der Waals surface area contributed by atoms with Gasteiger partial charge < -0.3 is 10.2 Å². The second kappa shape index (κ2) is 6.40. The molecule has 1 atom stereocenters. The summed E-state index contributed by atoms with van der Waals surface area (Å²) in [7, 11) is 0. The zero-order valence-electron chi connectivity index (χ0n) is 14.0. The van der Waals surface area contributed by atoms with Gasteiger partial charge in [0, 0.05) is 17.4 Å². The van der Waals surface area contributed by atoms with E-state index < -0.39 is 0 Å². The number of rotatable bonds is 3. The summed E-state index contributed by atoms with van der Waals surface area (Å²) < 4.78 is 0. The van der Waals surface area contributed by atoms with Crippen LogP contribution in [0.5, 0.6) is 0 Å². The summed E-state index contributed by atoms with van der Waals surface area (Å²) in [6.07, 6.45) is 2.59. The second-order valence-corrected chi connectivity index (χ2v) is 6.28. The van der Waals surface area contributed by atoms with Gasteiger partial charge in [0.05, 0.1) is 11.9 Å². The molecule has 0 radical (unpaired) electrons. The molecule has 2 heterocycles. The topological polar surface area (TPSA) is 45.2 Å². The van der Waals surface area contributed by atoms with Crippen LogP contribution in [-0.4, -0.2) is 16.9 Å². The number of carbonyl (C=O) groups is 1. The minimum Gasteiger partial charge on any atom is -0.354 e. The lowest BCUT2D eigenvalue weighted by Crippen LogP contribution is -2.36. The predicted octanol–water partition coefficient (Wildman–Crippen LogP) is 4.42. The fourth-order valence-electron chi connectivity index (χ4n) is 3.28. The van der Waals surface area contributed by atoms with Crippen molar-refractivity contribution in [2.24, 2.45) is 0 Å². The number of amides is 1. The molecular formula is C21H19N3O. The Morgan fingerprint density at radius 1 is 1.00 bits per heavy atom. The largest absolute Gasteiger partial charge is 0.354 e. The highest BCUT2D eigenvalue weighted by molar-refractivity contribution is 6.06. The van der Waals surface area contributed by atoms with Crippen molar-refractivity contribution in [3.05, 3.63) is 84.2 Å². The van der Waals surface area contributed by atoms with Crippen LogP contribution in [0.3, 0.4) is 0 Å². The van der Waals surface area contributed by atoms with E-state index in [0.29, 0.717) is 5.69 Å². The number of fused-ring (bicyclic) bond motifs is 1. The van der Waals surface area contributed by atoms with E-state index in [1.165, 1.54) is 5.56 Å². The first-order chi connectivity index (χ1) is 12.2. The number of aromatic nitrogens is 1. The molecular weight excluding hydrogens is 310 g/mol. The molecule has 1 N–H and O–H groups in total. The first-order valence-corrected chi connectivity index (χ1v) is 8.42. The smallest absolute Gasteiger partial charge is 0.277 e. The molecule has 25 heavy (non-hydrogen) atoms. The zero-order chi connectivity index (χ0) is 17.2. The van der Waals surface area contributed by atoms with Crippen LogP contribution < -0.4 is 10.2 Å². The van der Waals surface area contributed by atoms with E-state index in [2.05, 4.69) is 23.3 Å². The summed E-state index contributed by atoms with van der Waals surface area (Å²) in [5.41, 5.74) is 4.52. The molecule has 1 aromatic heterocycles. The molecule has 1 unspecified atom stereocenters. The highest BCUT2D eigenvalue weighted by Gasteiger charge is 2.31. The third-order valence-electron chi connectivity index (χ3n) is 4.47. The Morgan fingerprint density at radius 2 is 1.76 bits per heavy atom. The summed E-state index contributed by atoms with van der Waals surface area (Å²) in [5, 5.41) is 3.28. The fourth-order valence-corrected chi connectivity index (χ4v) is 3.28. The molecule has 4 rings (SSSR count). The highest BCUT2D eigenvalue weighted by atomic mass is 16.2. The zero-order valence-corrected chi connectivity index (χ0v) is 14.0. The lowest BCUT2D eigenvalue weighted by atomic mass is 10.1. The SMILES string of the molecule is CC1Cc2ccccc2N1C(=O)c1ccc(Nc2ccccc2)cn1. The number of benzene rings is 2. The molecule has 3 aromatic rings. The second-order valence-electron chi connectivity index (χ2n) is 6.28. The Bertz CT molecular complexity index is 891. The Morgan fingerprint density at radius 3 is 2.52 bits per heavy atom. The lowest BCUT2D eigenvalue weighted by Gasteiger charge is -2.22. The van der Waals surface area contributed by atoms with Crippen molar-refractivity contribution in [2.45, 2.75) is 19.4 Å². The third kappa shape index (κ3) is 2.98. The molecule has 4 heteroatoms. The normalized spacial score (nSPS) is 15.7. The third-order valence-corrected chi connectivity index (χ3v) is 4.47. The quantitative estimate of drug-likeness (QED) is 0.774. The Labute approximate surface area is 147 Å². The number of hydrogen-bond acceptors (Lipinski definition) is 3. The van der Waals surface area contributed by atoms with E-state index in [9.17, 15) is 4.79 Å². The number of hydrogen-bond donors (Lipinski definition) is 1. The standard InChI is InChI=1S/C21H19N3O/c1-15-13-16-7-5-6-10-20(16)24(15)21(25)19-12-11-18(14-22-19)23-17-8-3-2-4-9-17/h2-12,14-15,23H,13H2,1H3. The minimum atomic E-state index is -0.0521. The van der Waals surface area contributed by atoms with Gasteiger partial charge in [-0.25, -0.2) is 4.98 Å². The van der Waals surface area contributed by atoms with Gasteiger partial charge in [0.15, 0.2) is 0 Å². The lowest BCUT2D eigenvalue weighted by molar-refractivity contribution is 0.0976. The summed E-state index contributed by atoms with van der Waals surface area (Å²) in [6, 6.07) is 21.8. The van der Waals surface area contributed by atoms with Crippen molar-refractivity contribution in [1.29, 1.82) is 0 Å². The molecule has 0 aliphatic carbocycles. The van der Waals surface area contributed by atoms with Gasteiger partial charge in [-0.15, -0.1) is 0 Å². The van der Waals surface area contributed by atoms with E-state index in [1.807, 2.05) is 59.5 Å². The highest BCUT2D eigenvalue weighted by Crippen LogP contribution is 2.32. The first kappa shape index (κ1) is 15.4. The summed E-state index contributed by atoms with van der Waals surface area (Å²) in [6.45, 7) is 2.07. The maximum atomic E-state index is 12.9. The molecule has 1 amide bonds. The molecule has 1 aliphatic heterocycles. The van der Waals surface area contributed by atoms with Gasteiger partial charge in [-0.1, -0.05) is 36.4 Å².